The second-order valence-corrected chi connectivity index (χ2v) is 16.7. The molecule has 4 N–H and O–H groups in total. The number of benzene rings is 3. The third kappa shape index (κ3) is 11.3. The second-order valence-electron chi connectivity index (χ2n) is 10.0. The highest BCUT2D eigenvalue weighted by Gasteiger charge is 2.16. The van der Waals surface area contributed by atoms with Crippen LogP contribution in [0.2, 0.25) is 0 Å². The Labute approximate surface area is 285 Å². The van der Waals surface area contributed by atoms with Gasteiger partial charge < -0.3 is 10.1 Å². The molecule has 4 rings (SSSR count). The fourth-order valence-electron chi connectivity index (χ4n) is 4.14. The van der Waals surface area contributed by atoms with Crippen molar-refractivity contribution in [2.45, 2.75) is 35.0 Å². The number of fused-ring (bicyclic) bond motifs is 1. The van der Waals surface area contributed by atoms with E-state index in [1.54, 1.807) is 37.3 Å². The molecule has 0 fully saturated rings. The molecule has 16 nitrogen and oxygen atoms in total. The Morgan fingerprint density at radius 1 is 0.812 bits per heavy atom. The molecule has 258 valence electrons. The van der Waals surface area contributed by atoms with Gasteiger partial charge in [-0.05, 0) is 55.0 Å². The molecule has 3 aromatic carbocycles. The van der Waals surface area contributed by atoms with Gasteiger partial charge in [-0.2, -0.15) is 50.4 Å². The van der Waals surface area contributed by atoms with E-state index in [2.05, 4.69) is 30.5 Å². The smallest absolute Gasteiger partial charge is 0.295 e. The molecule has 21 heteroatoms. The number of hydrogen-bond acceptors (Lipinski definition) is 15. The van der Waals surface area contributed by atoms with Gasteiger partial charge in [-0.15, -0.1) is 0 Å². The second kappa shape index (κ2) is 15.8. The summed E-state index contributed by atoms with van der Waals surface area (Å²) in [5.74, 6) is 0.128. The van der Waals surface area contributed by atoms with Gasteiger partial charge in [-0.3, -0.25) is 13.7 Å². The minimum atomic E-state index is -4.46. The quantitative estimate of drug-likeness (QED) is 0.0477. The van der Waals surface area contributed by atoms with Crippen LogP contribution in [0.15, 0.2) is 74.0 Å². The fourth-order valence-corrected chi connectivity index (χ4v) is 7.83. The molecule has 0 radical (unpaired) electrons. The number of anilines is 2. The number of thioether (sulfide) groups is 2. The Balaban J connectivity index is 1.58. The average molecular weight is 759 g/mol. The van der Waals surface area contributed by atoms with Crippen molar-refractivity contribution >= 4 is 87.7 Å². The van der Waals surface area contributed by atoms with E-state index >= 15 is 0 Å². The maximum atomic E-state index is 11.8. The molecule has 0 spiro atoms. The molecule has 0 aliphatic heterocycles. The molecule has 48 heavy (non-hydrogen) atoms. The summed E-state index contributed by atoms with van der Waals surface area (Å²) in [6, 6.07) is 12.7. The van der Waals surface area contributed by atoms with Gasteiger partial charge in [-0.1, -0.05) is 41.7 Å². The number of nitrogens with zero attached hydrogens (tertiary/aromatic N) is 5. The van der Waals surface area contributed by atoms with Crippen molar-refractivity contribution in [3.63, 3.8) is 0 Å². The number of azo groups is 1. The van der Waals surface area contributed by atoms with Crippen LogP contribution in [-0.4, -0.2) is 84.0 Å². The summed E-state index contributed by atoms with van der Waals surface area (Å²) in [6.45, 7) is 1.77. The lowest BCUT2D eigenvalue weighted by atomic mass is 10.1. The van der Waals surface area contributed by atoms with Crippen LogP contribution in [-0.2, 0) is 30.4 Å². The Morgan fingerprint density at radius 3 is 2.00 bits per heavy atom. The van der Waals surface area contributed by atoms with Gasteiger partial charge in [0.05, 0.1) is 35.7 Å². The van der Waals surface area contributed by atoms with Gasteiger partial charge in [0.2, 0.25) is 5.95 Å². The maximum absolute atomic E-state index is 11.8. The lowest BCUT2D eigenvalue weighted by Gasteiger charge is -2.13. The molecule has 0 bridgehead atoms. The molecule has 0 unspecified atom stereocenters. The van der Waals surface area contributed by atoms with Crippen LogP contribution in [0, 0.1) is 6.92 Å². The molecule has 0 atom stereocenters. The first kappa shape index (κ1) is 37.4. The van der Waals surface area contributed by atoms with E-state index < -0.39 is 41.9 Å². The molecule has 0 saturated heterocycles. The topological polar surface area (TPSA) is 248 Å². The third-order valence-electron chi connectivity index (χ3n) is 6.29. The highest BCUT2D eigenvalue weighted by Crippen LogP contribution is 2.36. The number of aromatic nitrogens is 3. The monoisotopic (exact) mass is 758 g/mol. The van der Waals surface area contributed by atoms with Crippen LogP contribution >= 0.6 is 23.5 Å². The third-order valence-corrected chi connectivity index (χ3v) is 10.7. The highest BCUT2D eigenvalue weighted by atomic mass is 32.2. The van der Waals surface area contributed by atoms with Crippen LogP contribution in [0.4, 0.5) is 23.0 Å². The number of ether oxygens (including phenoxy) is 1. The zero-order chi connectivity index (χ0) is 35.1. The summed E-state index contributed by atoms with van der Waals surface area (Å²) in [6.07, 6.45) is 0.275. The van der Waals surface area contributed by atoms with E-state index in [0.717, 1.165) is 23.5 Å². The van der Waals surface area contributed by atoms with Crippen LogP contribution in [0.25, 0.3) is 10.8 Å². The molecule has 0 aliphatic rings. The van der Waals surface area contributed by atoms with Crippen molar-refractivity contribution in [3.8, 4) is 5.75 Å². The molecular formula is C27H30N6O10S5. The largest absolute Gasteiger partial charge is 0.494 e. The van der Waals surface area contributed by atoms with E-state index in [-0.39, 0.29) is 50.9 Å². The number of aryl methyl sites for hydroxylation is 1. The van der Waals surface area contributed by atoms with Crippen molar-refractivity contribution in [2.75, 3.05) is 35.4 Å². The summed E-state index contributed by atoms with van der Waals surface area (Å²) in [5, 5.41) is 13.0. The molecule has 0 amide bonds. The van der Waals surface area contributed by atoms with E-state index in [0.29, 0.717) is 33.8 Å². The first-order valence-corrected chi connectivity index (χ1v) is 20.4. The van der Waals surface area contributed by atoms with Gasteiger partial charge >= 0.3 is 0 Å². The average Bonchev–Trinajstić information content (AvgIpc) is 2.99. The maximum Gasteiger partial charge on any atom is 0.295 e. The SMILES string of the molecule is COc1cc(N=Nc2ccc3cccc(S(=O)(=O)O)c3c2)c(C)cc1Nc1nc(SCCCS(=O)(=O)O)nc(SCCCS(=O)(=O)O)n1. The fraction of sp³-hybridized carbons (Fsp3) is 0.296. The van der Waals surface area contributed by atoms with E-state index in [1.807, 2.05) is 0 Å². The van der Waals surface area contributed by atoms with Gasteiger partial charge in [0.1, 0.15) is 10.6 Å². The lowest BCUT2D eigenvalue weighted by molar-refractivity contribution is 0.417. The van der Waals surface area contributed by atoms with Crippen LogP contribution in [0.5, 0.6) is 5.75 Å². The molecule has 0 aliphatic carbocycles. The lowest BCUT2D eigenvalue weighted by Crippen LogP contribution is -2.07. The normalized spacial score (nSPS) is 12.5. The Kier molecular flexibility index (Phi) is 12.3. The van der Waals surface area contributed by atoms with E-state index in [4.69, 9.17) is 13.8 Å². The van der Waals surface area contributed by atoms with Crippen LogP contribution in [0.1, 0.15) is 18.4 Å². The minimum Gasteiger partial charge on any atom is -0.494 e. The summed E-state index contributed by atoms with van der Waals surface area (Å²) in [7, 11) is -11.3. The highest BCUT2D eigenvalue weighted by molar-refractivity contribution is 7.99. The first-order valence-electron chi connectivity index (χ1n) is 13.8. The molecule has 1 aromatic heterocycles. The number of hydrogen-bond donors (Lipinski definition) is 4. The van der Waals surface area contributed by atoms with Gasteiger partial charge in [0.15, 0.2) is 10.3 Å². The van der Waals surface area contributed by atoms with Crippen molar-refractivity contribution in [2.24, 2.45) is 10.2 Å². The predicted molar refractivity (Wildman–Crippen MR) is 182 cm³/mol. The first-order chi connectivity index (χ1) is 22.5. The molecule has 4 aromatic rings. The van der Waals surface area contributed by atoms with Crippen molar-refractivity contribution in [1.82, 2.24) is 15.0 Å². The van der Waals surface area contributed by atoms with E-state index in [9.17, 15) is 29.8 Å². The number of methoxy groups -OCH3 is 1. The van der Waals surface area contributed by atoms with Gasteiger partial charge in [0, 0.05) is 23.0 Å². The van der Waals surface area contributed by atoms with Crippen molar-refractivity contribution in [3.05, 3.63) is 54.1 Å². The number of nitrogens with one attached hydrogen (secondary N) is 1. The summed E-state index contributed by atoms with van der Waals surface area (Å²) in [4.78, 5) is 12.9. The Morgan fingerprint density at radius 2 is 1.44 bits per heavy atom. The van der Waals surface area contributed by atoms with Gasteiger partial charge in [-0.25, -0.2) is 0 Å². The molecule has 1 heterocycles. The van der Waals surface area contributed by atoms with Crippen molar-refractivity contribution < 1.29 is 43.6 Å². The van der Waals surface area contributed by atoms with Gasteiger partial charge in [0.25, 0.3) is 30.4 Å². The zero-order valence-corrected chi connectivity index (χ0v) is 29.4. The predicted octanol–water partition coefficient (Wildman–Crippen LogP) is 5.49. The number of rotatable bonds is 16. The molecule has 0 saturated carbocycles. The Bertz CT molecular complexity index is 2110. The zero-order valence-electron chi connectivity index (χ0n) is 25.3. The van der Waals surface area contributed by atoms with E-state index in [1.165, 1.54) is 25.3 Å². The summed E-state index contributed by atoms with van der Waals surface area (Å²) < 4.78 is 101. The summed E-state index contributed by atoms with van der Waals surface area (Å²) in [5.41, 5.74) is 1.89. The van der Waals surface area contributed by atoms with Crippen molar-refractivity contribution in [1.29, 1.82) is 0 Å². The standard InChI is InChI=1S/C27H30N6O10S5/c1-17-14-22(23(43-2)16-21(17)33-32-19-9-8-18-6-3-7-24(20(18)15-19)48(40,41)42)28-25-29-26(44-10-4-12-46(34,35)36)31-27(30-25)45-11-5-13-47(37,38)39/h3,6-9,14-16H,4-5,10-13H2,1-2H3,(H,34,35,36)(H,37,38,39)(H,40,41,42)(H,28,29,30,31). The Hall–Kier alpha value is -3.44. The van der Waals surface area contributed by atoms with Crippen LogP contribution in [0.3, 0.4) is 0 Å². The molecular weight excluding hydrogens is 729 g/mol. The minimum absolute atomic E-state index is 0.109. The summed E-state index contributed by atoms with van der Waals surface area (Å²) >= 11 is 2.27. The van der Waals surface area contributed by atoms with Crippen LogP contribution < -0.4 is 10.1 Å².